The first-order chi connectivity index (χ1) is 19.8. The molecule has 0 aliphatic carbocycles. The van der Waals surface area contributed by atoms with Crippen molar-refractivity contribution in [2.75, 3.05) is 18.9 Å². The van der Waals surface area contributed by atoms with Gasteiger partial charge in [-0.05, 0) is 29.7 Å². The molecule has 6 heterocycles. The van der Waals surface area contributed by atoms with Gasteiger partial charge >= 0.3 is 13.4 Å². The quantitative estimate of drug-likeness (QED) is 0.187. The predicted octanol–water partition coefficient (Wildman–Crippen LogP) is -0.782. The summed E-state index contributed by atoms with van der Waals surface area (Å²) in [5.41, 5.74) is 11.5. The third kappa shape index (κ3) is 5.61. The van der Waals surface area contributed by atoms with Crippen LogP contribution in [0.15, 0.2) is 18.7 Å². The molecule has 0 aromatic carbocycles. The summed E-state index contributed by atoms with van der Waals surface area (Å²) < 4.78 is 50.9. The average molecular weight is 669 g/mol. The maximum absolute atomic E-state index is 15.9. The molecule has 0 radical (unpaired) electrons. The molecule has 10 atom stereocenters. The molecule has 18 nitrogen and oxygen atoms in total. The minimum absolute atomic E-state index is 0.0602. The molecular formula is C19H23FN8O10P2S2. The number of nitrogens with zero attached hydrogens (tertiary/aromatic N) is 5. The summed E-state index contributed by atoms with van der Waals surface area (Å²) >= 11 is 10.3. The van der Waals surface area contributed by atoms with Crippen molar-refractivity contribution < 1.29 is 51.6 Å². The van der Waals surface area contributed by atoms with Crippen molar-refractivity contribution in [2.45, 2.75) is 49.0 Å². The number of aromatic nitrogens is 6. The molecule has 0 spiro atoms. The maximum atomic E-state index is 15.9. The Morgan fingerprint density at radius 3 is 2.48 bits per heavy atom. The number of primary amides is 1. The second-order valence-electron chi connectivity index (χ2n) is 9.42. The van der Waals surface area contributed by atoms with E-state index in [4.69, 9.17) is 62.6 Å². The fourth-order valence-corrected chi connectivity index (χ4v) is 7.65. The number of alkyl halides is 1. The number of aliphatic hydroxyl groups is 1. The number of nitrogens with one attached hydrogen (secondary N) is 1. The number of halogens is 1. The maximum Gasteiger partial charge on any atom is 0.325 e. The number of rotatable bonds is 3. The summed E-state index contributed by atoms with van der Waals surface area (Å²) in [7, 11) is 0. The summed E-state index contributed by atoms with van der Waals surface area (Å²) in [5, 5.41) is 17.3. The number of H-pyrrole nitrogens is 1. The van der Waals surface area contributed by atoms with Gasteiger partial charge in [-0.15, -0.1) is 0 Å². The molecule has 2 bridgehead atoms. The molecule has 3 fully saturated rings. The number of ether oxygens (including phenoxy) is 2. The van der Waals surface area contributed by atoms with Crippen molar-refractivity contribution >= 4 is 59.9 Å². The summed E-state index contributed by atoms with van der Waals surface area (Å²) in [6.07, 6.45) is -9.16. The number of fused-ring (bicyclic) bond motifs is 4. The highest BCUT2D eigenvalue weighted by molar-refractivity contribution is 8.07. The summed E-state index contributed by atoms with van der Waals surface area (Å²) in [4.78, 5) is 45.3. The number of anilines is 1. The Hall–Kier alpha value is -2.10. The average Bonchev–Trinajstić information content (AvgIpc) is 3.69. The van der Waals surface area contributed by atoms with Gasteiger partial charge in [0.05, 0.1) is 25.2 Å². The van der Waals surface area contributed by atoms with Crippen molar-refractivity contribution in [1.29, 1.82) is 0 Å². The highest BCUT2D eigenvalue weighted by Gasteiger charge is 2.53. The van der Waals surface area contributed by atoms with Crippen LogP contribution in [0.25, 0.3) is 11.2 Å². The van der Waals surface area contributed by atoms with Gasteiger partial charge in [0.15, 0.2) is 23.9 Å². The van der Waals surface area contributed by atoms with E-state index in [0.29, 0.717) is 0 Å². The highest BCUT2D eigenvalue weighted by atomic mass is 32.5. The lowest BCUT2D eigenvalue weighted by molar-refractivity contribution is -0.0489. The van der Waals surface area contributed by atoms with E-state index in [1.165, 1.54) is 23.3 Å². The predicted molar refractivity (Wildman–Crippen MR) is 144 cm³/mol. The molecule has 3 aliphatic rings. The first-order valence-corrected chi connectivity index (χ1v) is 17.2. The van der Waals surface area contributed by atoms with Gasteiger partial charge in [-0.3, -0.25) is 23.5 Å². The monoisotopic (exact) mass is 668 g/mol. The number of carbonyl (C=O) groups excluding carboxylic acids is 1. The van der Waals surface area contributed by atoms with E-state index in [1.807, 2.05) is 0 Å². The van der Waals surface area contributed by atoms with E-state index >= 15 is 4.39 Å². The van der Waals surface area contributed by atoms with Crippen LogP contribution in [-0.2, 0) is 51.2 Å². The van der Waals surface area contributed by atoms with Crippen molar-refractivity contribution in [3.63, 3.8) is 0 Å². The van der Waals surface area contributed by atoms with Crippen molar-refractivity contribution in [2.24, 2.45) is 5.73 Å². The Morgan fingerprint density at radius 2 is 1.79 bits per heavy atom. The van der Waals surface area contributed by atoms with Gasteiger partial charge < -0.3 is 44.9 Å². The summed E-state index contributed by atoms with van der Waals surface area (Å²) in [5.74, 6) is -0.774. The van der Waals surface area contributed by atoms with Gasteiger partial charge in [-0.1, -0.05) is 0 Å². The zero-order valence-electron chi connectivity index (χ0n) is 20.9. The fourth-order valence-electron chi connectivity index (χ4n) is 4.79. The molecule has 228 valence electrons. The van der Waals surface area contributed by atoms with Crippen LogP contribution in [0.3, 0.4) is 0 Å². The van der Waals surface area contributed by atoms with E-state index in [2.05, 4.69) is 25.1 Å². The van der Waals surface area contributed by atoms with E-state index in [-0.39, 0.29) is 28.4 Å². The van der Waals surface area contributed by atoms with Crippen molar-refractivity contribution in [3.05, 3.63) is 30.1 Å². The minimum atomic E-state index is -4.22. The normalized spacial score (nSPS) is 39.3. The summed E-state index contributed by atoms with van der Waals surface area (Å²) in [6, 6.07) is 1.26. The van der Waals surface area contributed by atoms with Gasteiger partial charge in [0.1, 0.15) is 54.2 Å². The number of nitrogens with two attached hydrogens (primary N) is 2. The largest absolute Gasteiger partial charge is 0.387 e. The Morgan fingerprint density at radius 1 is 1.10 bits per heavy atom. The molecule has 1 amide bonds. The van der Waals surface area contributed by atoms with Crippen LogP contribution in [0.5, 0.6) is 0 Å². The Bertz CT molecular complexity index is 1620. The fraction of sp³-hybridized carbons (Fsp3) is 0.526. The third-order valence-electron chi connectivity index (χ3n) is 6.74. The van der Waals surface area contributed by atoms with Crippen LogP contribution in [0.1, 0.15) is 28.5 Å². The van der Waals surface area contributed by atoms with E-state index < -0.39 is 81.6 Å². The SMILES string of the molecule is NC(=O)c1cc([C@@H]2O[C@@H]3COP(O)(=S)O[C@H]4[C@@H](F)[C@H](n5cnc6c(N)ncnc65)O[C@@H]4COP(O)(=S)O[C@@H]2[C@@H]3O)[nH]n1. The topological polar surface area (TPSA) is 257 Å². The molecule has 23 heteroatoms. The van der Waals surface area contributed by atoms with Crippen LogP contribution >= 0.6 is 13.4 Å². The van der Waals surface area contributed by atoms with Crippen LogP contribution < -0.4 is 11.5 Å². The number of carbonyl (C=O) groups is 1. The number of imidazole rings is 1. The zero-order valence-corrected chi connectivity index (χ0v) is 24.4. The second kappa shape index (κ2) is 11.1. The zero-order chi connectivity index (χ0) is 30.0. The lowest BCUT2D eigenvalue weighted by Gasteiger charge is -2.27. The molecule has 3 aliphatic heterocycles. The van der Waals surface area contributed by atoms with Crippen LogP contribution in [0, 0.1) is 0 Å². The number of nitrogen functional groups attached to an aromatic ring is 1. The van der Waals surface area contributed by atoms with Crippen LogP contribution in [0.2, 0.25) is 0 Å². The number of hydrogen-bond donors (Lipinski definition) is 6. The van der Waals surface area contributed by atoms with Crippen LogP contribution in [-0.4, -0.2) is 100 Å². The third-order valence-corrected chi connectivity index (χ3v) is 9.86. The van der Waals surface area contributed by atoms with Gasteiger partial charge in [-0.2, -0.15) is 5.10 Å². The number of aromatic amines is 1. The van der Waals surface area contributed by atoms with Gasteiger partial charge in [0, 0.05) is 0 Å². The van der Waals surface area contributed by atoms with Crippen LogP contribution in [0.4, 0.5) is 10.2 Å². The van der Waals surface area contributed by atoms with Gasteiger partial charge in [-0.25, -0.2) is 19.3 Å². The lowest BCUT2D eigenvalue weighted by Crippen LogP contribution is -2.34. The molecule has 42 heavy (non-hydrogen) atoms. The molecule has 0 saturated carbocycles. The van der Waals surface area contributed by atoms with Gasteiger partial charge in [0.25, 0.3) is 5.91 Å². The lowest BCUT2D eigenvalue weighted by atomic mass is 10.1. The standard InChI is InChI=1S/C19H23FN8O10P2S2/c20-10-14-9(36-19(10)28-5-25-11-16(21)23-4-24-18(11)28)3-34-40(32,42)38-15-12(29)8(2-33-39(31,41)37-14)35-13(15)6-1-7(17(22)30)27-26-6/h1,4-5,8-10,12-15,19,29H,2-3H2,(H2,22,30)(H,26,27)(H,31,41)(H,32,42)(H2,21,23,24)/t8-,9-,10-,12-,13+,14-,15-,19-,39?,40?/m1/s1. The van der Waals surface area contributed by atoms with Crippen molar-refractivity contribution in [3.8, 4) is 0 Å². The number of aliphatic hydroxyl groups excluding tert-OH is 1. The molecule has 3 saturated heterocycles. The smallest absolute Gasteiger partial charge is 0.325 e. The number of hydrogen-bond acceptors (Lipinski definition) is 15. The van der Waals surface area contributed by atoms with Crippen molar-refractivity contribution in [1.82, 2.24) is 29.7 Å². The number of amides is 1. The molecule has 3 aromatic heterocycles. The van der Waals surface area contributed by atoms with E-state index in [0.717, 1.165) is 0 Å². The Labute approximate surface area is 244 Å². The molecule has 6 rings (SSSR count). The minimum Gasteiger partial charge on any atom is -0.387 e. The Balaban J connectivity index is 1.29. The Kier molecular flexibility index (Phi) is 7.93. The summed E-state index contributed by atoms with van der Waals surface area (Å²) in [6.45, 7) is -9.55. The molecule has 2 unspecified atom stereocenters. The first kappa shape index (κ1) is 29.9. The molecule has 3 aromatic rings. The van der Waals surface area contributed by atoms with E-state index in [9.17, 15) is 19.7 Å². The molecular weight excluding hydrogens is 645 g/mol. The molecule has 8 N–H and O–H groups in total. The first-order valence-electron chi connectivity index (χ1n) is 12.1. The second-order valence-corrected chi connectivity index (χ2v) is 15.0. The van der Waals surface area contributed by atoms with E-state index in [1.54, 1.807) is 0 Å². The van der Waals surface area contributed by atoms with Gasteiger partial charge in [0.2, 0.25) is 0 Å². The highest BCUT2D eigenvalue weighted by Crippen LogP contribution is 2.54.